The summed E-state index contributed by atoms with van der Waals surface area (Å²) < 4.78 is 0. The third kappa shape index (κ3) is 2.85. The molecule has 3 rings (SSSR count). The Bertz CT molecular complexity index is 512. The predicted molar refractivity (Wildman–Crippen MR) is 79.3 cm³/mol. The van der Waals surface area contributed by atoms with Crippen molar-refractivity contribution in [3.63, 3.8) is 0 Å². The van der Waals surface area contributed by atoms with Crippen LogP contribution in [0.4, 0.5) is 0 Å². The number of fused-ring (bicyclic) bond motifs is 1. The highest BCUT2D eigenvalue weighted by atomic mass is 32.2. The number of benzene rings is 1. The summed E-state index contributed by atoms with van der Waals surface area (Å²) in [6, 6.07) is 10.5. The van der Waals surface area contributed by atoms with Crippen LogP contribution in [0.5, 0.6) is 0 Å². The van der Waals surface area contributed by atoms with Gasteiger partial charge in [-0.15, -0.1) is 0 Å². The number of nitrogens with zero attached hydrogens (tertiary/aromatic N) is 1. The first-order valence-corrected chi connectivity index (χ1v) is 7.71. The van der Waals surface area contributed by atoms with Crippen LogP contribution in [0.2, 0.25) is 0 Å². The second-order valence-corrected chi connectivity index (χ2v) is 5.97. The lowest BCUT2D eigenvalue weighted by Gasteiger charge is -2.14. The Morgan fingerprint density at radius 1 is 1.21 bits per heavy atom. The van der Waals surface area contributed by atoms with Gasteiger partial charge in [-0.2, -0.15) is 0 Å². The number of aromatic nitrogens is 2. The van der Waals surface area contributed by atoms with Crippen LogP contribution in [-0.2, 0) is 12.8 Å². The number of imidazole rings is 1. The van der Waals surface area contributed by atoms with Gasteiger partial charge in [-0.25, -0.2) is 4.98 Å². The molecule has 1 aromatic heterocycles. The quantitative estimate of drug-likeness (QED) is 0.663. The number of hydrogen-bond acceptors (Lipinski definition) is 3. The molecule has 1 aliphatic rings. The summed E-state index contributed by atoms with van der Waals surface area (Å²) in [7, 11) is 1.99. The van der Waals surface area contributed by atoms with Gasteiger partial charge in [-0.05, 0) is 38.3 Å². The topological polar surface area (TPSA) is 40.7 Å². The summed E-state index contributed by atoms with van der Waals surface area (Å²) in [6.07, 6.45) is 4.84. The molecule has 2 N–H and O–H groups in total. The molecule has 4 heteroatoms. The van der Waals surface area contributed by atoms with Crippen molar-refractivity contribution in [3.8, 4) is 0 Å². The Morgan fingerprint density at radius 3 is 2.74 bits per heavy atom. The summed E-state index contributed by atoms with van der Waals surface area (Å²) in [5.41, 5.74) is 3.90. The van der Waals surface area contributed by atoms with Gasteiger partial charge in [-0.3, -0.25) is 0 Å². The second kappa shape index (κ2) is 5.80. The van der Waals surface area contributed by atoms with Gasteiger partial charge in [0.1, 0.15) is 0 Å². The van der Waals surface area contributed by atoms with Crippen molar-refractivity contribution in [2.75, 3.05) is 7.05 Å². The van der Waals surface area contributed by atoms with Crippen LogP contribution < -0.4 is 5.32 Å². The van der Waals surface area contributed by atoms with Gasteiger partial charge in [0.05, 0.1) is 11.1 Å². The van der Waals surface area contributed by atoms with E-state index in [0.717, 1.165) is 18.0 Å². The van der Waals surface area contributed by atoms with Crippen LogP contribution in [0.3, 0.4) is 0 Å². The highest BCUT2D eigenvalue weighted by Gasteiger charge is 2.17. The molecule has 19 heavy (non-hydrogen) atoms. The monoisotopic (exact) mass is 273 g/mol. The SMILES string of the molecule is CNC(Sc1nc2c([nH]1)CCCC2)c1ccccc1. The van der Waals surface area contributed by atoms with Crippen molar-refractivity contribution in [3.05, 3.63) is 47.3 Å². The molecule has 1 heterocycles. The average molecular weight is 273 g/mol. The molecule has 0 aliphatic heterocycles. The van der Waals surface area contributed by atoms with Crippen LogP contribution in [0, 0.1) is 0 Å². The van der Waals surface area contributed by atoms with Crippen molar-refractivity contribution < 1.29 is 0 Å². The van der Waals surface area contributed by atoms with E-state index in [1.54, 1.807) is 11.8 Å². The zero-order chi connectivity index (χ0) is 13.1. The predicted octanol–water partition coefficient (Wildman–Crippen LogP) is 3.30. The van der Waals surface area contributed by atoms with Crippen LogP contribution >= 0.6 is 11.8 Å². The minimum absolute atomic E-state index is 0.244. The summed E-state index contributed by atoms with van der Waals surface area (Å²) in [4.78, 5) is 8.21. The fourth-order valence-corrected chi connectivity index (χ4v) is 3.50. The Kier molecular flexibility index (Phi) is 3.89. The van der Waals surface area contributed by atoms with Gasteiger partial charge in [0, 0.05) is 5.69 Å². The number of nitrogens with one attached hydrogen (secondary N) is 2. The lowest BCUT2D eigenvalue weighted by atomic mass is 10.0. The van der Waals surface area contributed by atoms with E-state index in [1.165, 1.54) is 29.8 Å². The van der Waals surface area contributed by atoms with Crippen LogP contribution in [0.15, 0.2) is 35.5 Å². The van der Waals surface area contributed by atoms with Crippen LogP contribution in [0.1, 0.15) is 35.2 Å². The number of hydrogen-bond donors (Lipinski definition) is 2. The first-order chi connectivity index (χ1) is 9.36. The molecule has 1 aromatic carbocycles. The van der Waals surface area contributed by atoms with Crippen molar-refractivity contribution in [1.82, 2.24) is 15.3 Å². The van der Waals surface area contributed by atoms with Gasteiger partial charge in [0.25, 0.3) is 0 Å². The molecule has 0 saturated heterocycles. The third-order valence-corrected chi connectivity index (χ3v) is 4.69. The van der Waals surface area contributed by atoms with E-state index in [9.17, 15) is 0 Å². The summed E-state index contributed by atoms with van der Waals surface area (Å²) in [5.74, 6) is 0. The Morgan fingerprint density at radius 2 is 2.00 bits per heavy atom. The standard InChI is InChI=1S/C15H19N3S/c1-16-14(11-7-3-2-4-8-11)19-15-17-12-9-5-6-10-13(12)18-15/h2-4,7-8,14,16H,5-6,9-10H2,1H3,(H,17,18). The third-order valence-electron chi connectivity index (χ3n) is 3.53. The molecule has 0 fully saturated rings. The van der Waals surface area contributed by atoms with Gasteiger partial charge >= 0.3 is 0 Å². The Labute approximate surface area is 118 Å². The average Bonchev–Trinajstić information content (AvgIpc) is 2.88. The summed E-state index contributed by atoms with van der Waals surface area (Å²) in [5, 5.41) is 4.63. The molecule has 1 aliphatic carbocycles. The van der Waals surface area contributed by atoms with Crippen molar-refractivity contribution in [2.45, 2.75) is 36.2 Å². The molecule has 3 nitrogen and oxygen atoms in total. The van der Waals surface area contributed by atoms with E-state index in [1.807, 2.05) is 13.1 Å². The lowest BCUT2D eigenvalue weighted by Crippen LogP contribution is -2.12. The summed E-state index contributed by atoms with van der Waals surface area (Å²) in [6.45, 7) is 0. The van der Waals surface area contributed by atoms with Crippen LogP contribution in [-0.4, -0.2) is 17.0 Å². The van der Waals surface area contributed by atoms with Crippen molar-refractivity contribution in [2.24, 2.45) is 0 Å². The van der Waals surface area contributed by atoms with E-state index < -0.39 is 0 Å². The van der Waals surface area contributed by atoms with Gasteiger partial charge < -0.3 is 10.3 Å². The maximum Gasteiger partial charge on any atom is 0.167 e. The molecule has 2 aromatic rings. The first-order valence-electron chi connectivity index (χ1n) is 6.83. The van der Waals surface area contributed by atoms with E-state index in [2.05, 4.69) is 34.6 Å². The highest BCUT2D eigenvalue weighted by Crippen LogP contribution is 2.32. The van der Waals surface area contributed by atoms with E-state index >= 15 is 0 Å². The first kappa shape index (κ1) is 12.8. The Hall–Kier alpha value is -1.26. The minimum Gasteiger partial charge on any atom is -0.337 e. The number of thioether (sulfide) groups is 1. The molecule has 0 bridgehead atoms. The van der Waals surface area contributed by atoms with Crippen molar-refractivity contribution in [1.29, 1.82) is 0 Å². The number of rotatable bonds is 4. The van der Waals surface area contributed by atoms with Crippen molar-refractivity contribution >= 4 is 11.8 Å². The maximum absolute atomic E-state index is 4.73. The largest absolute Gasteiger partial charge is 0.337 e. The summed E-state index contributed by atoms with van der Waals surface area (Å²) >= 11 is 1.76. The van der Waals surface area contributed by atoms with Gasteiger partial charge in [0.2, 0.25) is 0 Å². The fraction of sp³-hybridized carbons (Fsp3) is 0.400. The Balaban J connectivity index is 1.77. The lowest BCUT2D eigenvalue weighted by molar-refractivity contribution is 0.667. The van der Waals surface area contributed by atoms with E-state index in [-0.39, 0.29) is 5.37 Å². The molecule has 100 valence electrons. The molecule has 0 spiro atoms. The number of H-pyrrole nitrogens is 1. The molecule has 0 amide bonds. The number of aromatic amines is 1. The zero-order valence-electron chi connectivity index (χ0n) is 11.1. The van der Waals surface area contributed by atoms with Gasteiger partial charge in [0.15, 0.2) is 5.16 Å². The molecule has 0 saturated carbocycles. The smallest absolute Gasteiger partial charge is 0.167 e. The second-order valence-electron chi connectivity index (χ2n) is 4.87. The molecule has 1 unspecified atom stereocenters. The fourth-order valence-electron chi connectivity index (χ4n) is 2.52. The van der Waals surface area contributed by atoms with Crippen LogP contribution in [0.25, 0.3) is 0 Å². The zero-order valence-corrected chi connectivity index (χ0v) is 12.0. The molecular formula is C15H19N3S. The maximum atomic E-state index is 4.73. The normalized spacial score (nSPS) is 16.1. The highest BCUT2D eigenvalue weighted by molar-refractivity contribution is 7.99. The van der Waals surface area contributed by atoms with E-state index in [4.69, 9.17) is 4.98 Å². The van der Waals surface area contributed by atoms with Gasteiger partial charge in [-0.1, -0.05) is 42.1 Å². The molecule has 0 radical (unpaired) electrons. The number of aryl methyl sites for hydroxylation is 2. The molecular weight excluding hydrogens is 254 g/mol. The minimum atomic E-state index is 0.244. The van der Waals surface area contributed by atoms with E-state index in [0.29, 0.717) is 0 Å². The molecule has 1 atom stereocenters.